The fourth-order valence-corrected chi connectivity index (χ4v) is 4.70. The lowest BCUT2D eigenvalue weighted by Crippen LogP contribution is -2.51. The zero-order valence-corrected chi connectivity index (χ0v) is 20.9. The molecule has 9 nitrogen and oxygen atoms in total. The highest BCUT2D eigenvalue weighted by Gasteiger charge is 2.30. The topological polar surface area (TPSA) is 117 Å². The van der Waals surface area contributed by atoms with Crippen molar-refractivity contribution in [1.82, 2.24) is 20.9 Å². The highest BCUT2D eigenvalue weighted by atomic mass is 16.5. The normalized spacial score (nSPS) is 21.9. The van der Waals surface area contributed by atoms with Gasteiger partial charge in [0.1, 0.15) is 6.29 Å². The Kier molecular flexibility index (Phi) is 11.1. The van der Waals surface area contributed by atoms with Crippen LogP contribution in [0.25, 0.3) is 0 Å². The molecule has 1 heterocycles. The van der Waals surface area contributed by atoms with Crippen molar-refractivity contribution in [2.24, 2.45) is 0 Å². The Balaban J connectivity index is 1.38. The molecule has 1 aromatic rings. The Morgan fingerprint density at radius 3 is 2.61 bits per heavy atom. The van der Waals surface area contributed by atoms with Crippen LogP contribution in [0.15, 0.2) is 18.2 Å². The lowest BCUT2D eigenvalue weighted by Gasteiger charge is -2.30. The van der Waals surface area contributed by atoms with Gasteiger partial charge in [-0.1, -0.05) is 17.9 Å². The van der Waals surface area contributed by atoms with E-state index in [1.165, 1.54) is 0 Å². The molecule has 36 heavy (non-hydrogen) atoms. The third-order valence-electron chi connectivity index (χ3n) is 6.75. The summed E-state index contributed by atoms with van der Waals surface area (Å²) < 4.78 is 5.68. The van der Waals surface area contributed by atoms with E-state index < -0.39 is 6.04 Å². The third-order valence-corrected chi connectivity index (χ3v) is 6.75. The van der Waals surface area contributed by atoms with Gasteiger partial charge < -0.3 is 15.4 Å². The molecule has 0 radical (unpaired) electrons. The molecule has 1 unspecified atom stereocenters. The van der Waals surface area contributed by atoms with Crippen molar-refractivity contribution in [3.8, 4) is 11.8 Å². The number of carbonyl (C=O) groups excluding carboxylic acids is 4. The van der Waals surface area contributed by atoms with Gasteiger partial charge in [-0.15, -0.1) is 0 Å². The second-order valence-corrected chi connectivity index (χ2v) is 9.36. The Labute approximate surface area is 212 Å². The first kappa shape index (κ1) is 27.5. The van der Waals surface area contributed by atoms with E-state index in [4.69, 9.17) is 4.74 Å². The van der Waals surface area contributed by atoms with Gasteiger partial charge in [-0.05, 0) is 56.8 Å². The summed E-state index contributed by atoms with van der Waals surface area (Å²) in [6, 6.07) is 5.83. The first-order valence-electron chi connectivity index (χ1n) is 12.6. The van der Waals surface area contributed by atoms with Crippen LogP contribution >= 0.6 is 0 Å². The largest absolute Gasteiger partial charge is 0.379 e. The number of hydrogen-bond donors (Lipinski definition) is 3. The zero-order valence-electron chi connectivity index (χ0n) is 20.9. The number of nitrogens with one attached hydrogen (secondary N) is 3. The van der Waals surface area contributed by atoms with Crippen LogP contribution in [0.3, 0.4) is 0 Å². The minimum Gasteiger partial charge on any atom is -0.379 e. The average Bonchev–Trinajstić information content (AvgIpc) is 2.87. The van der Waals surface area contributed by atoms with Crippen molar-refractivity contribution in [1.29, 1.82) is 0 Å². The minimum absolute atomic E-state index is 0.247. The van der Waals surface area contributed by atoms with Gasteiger partial charge in [-0.25, -0.2) is 0 Å². The van der Waals surface area contributed by atoms with Gasteiger partial charge in [0.05, 0.1) is 19.3 Å². The standard InChI is InChI=1S/C27H36N4O5/c1-31(25-11-12-26(34)30-27(25)35)17-22-16-20(5-6-21(22)18-32)4-2-3-14-36-15-13-28-23-7-9-24(10-8-23)29-19-33/h5-6,16,18-19,23-25,28H,3,7-15,17H2,1H3,(H,29,33)(H,30,34,35). The number of ether oxygens (including phenoxy) is 1. The van der Waals surface area contributed by atoms with Crippen LogP contribution in [0, 0.1) is 11.8 Å². The fraction of sp³-hybridized carbons (Fsp3) is 0.556. The van der Waals surface area contributed by atoms with E-state index in [1.807, 2.05) is 24.1 Å². The number of hydrogen-bond acceptors (Lipinski definition) is 7. The molecule has 1 aliphatic carbocycles. The molecule has 2 aliphatic rings. The maximum absolute atomic E-state index is 12.1. The molecule has 194 valence electrons. The Morgan fingerprint density at radius 1 is 1.11 bits per heavy atom. The van der Waals surface area contributed by atoms with E-state index in [2.05, 4.69) is 27.8 Å². The number of carbonyl (C=O) groups is 4. The van der Waals surface area contributed by atoms with Crippen LogP contribution in [0.4, 0.5) is 0 Å². The average molecular weight is 497 g/mol. The number of likely N-dealkylation sites (N-methyl/N-ethyl adjacent to an activating group) is 1. The van der Waals surface area contributed by atoms with Crippen LogP contribution in [-0.2, 0) is 25.7 Å². The van der Waals surface area contributed by atoms with E-state index in [0.29, 0.717) is 56.7 Å². The molecule has 9 heteroatoms. The molecule has 1 atom stereocenters. The van der Waals surface area contributed by atoms with Crippen molar-refractivity contribution in [2.75, 3.05) is 26.8 Å². The number of imide groups is 1. The molecular weight excluding hydrogens is 460 g/mol. The van der Waals surface area contributed by atoms with Gasteiger partial charge in [0.25, 0.3) is 0 Å². The molecule has 0 aromatic heterocycles. The van der Waals surface area contributed by atoms with Crippen molar-refractivity contribution >= 4 is 24.5 Å². The van der Waals surface area contributed by atoms with Crippen LogP contribution in [0.1, 0.15) is 66.4 Å². The van der Waals surface area contributed by atoms with Crippen molar-refractivity contribution in [3.63, 3.8) is 0 Å². The minimum atomic E-state index is -0.405. The number of benzene rings is 1. The summed E-state index contributed by atoms with van der Waals surface area (Å²) >= 11 is 0. The van der Waals surface area contributed by atoms with Crippen molar-refractivity contribution in [2.45, 2.75) is 69.6 Å². The van der Waals surface area contributed by atoms with Crippen LogP contribution in [0.2, 0.25) is 0 Å². The first-order chi connectivity index (χ1) is 17.5. The molecule has 1 aromatic carbocycles. The van der Waals surface area contributed by atoms with Gasteiger partial charge in [-0.3, -0.25) is 29.4 Å². The Morgan fingerprint density at radius 2 is 1.89 bits per heavy atom. The predicted molar refractivity (Wildman–Crippen MR) is 135 cm³/mol. The molecule has 3 rings (SSSR count). The summed E-state index contributed by atoms with van der Waals surface area (Å²) in [5.41, 5.74) is 2.15. The summed E-state index contributed by atoms with van der Waals surface area (Å²) in [6.07, 6.45) is 7.11. The van der Waals surface area contributed by atoms with Crippen LogP contribution in [0.5, 0.6) is 0 Å². The summed E-state index contributed by atoms with van der Waals surface area (Å²) in [4.78, 5) is 47.4. The van der Waals surface area contributed by atoms with Gasteiger partial charge in [0.15, 0.2) is 0 Å². The van der Waals surface area contributed by atoms with Crippen LogP contribution < -0.4 is 16.0 Å². The SMILES string of the molecule is CN(Cc1cc(C#CCCOCCNC2CCC(NC=O)CC2)ccc1C=O)C1CCC(=O)NC1=O. The lowest BCUT2D eigenvalue weighted by molar-refractivity contribution is -0.137. The molecule has 1 aliphatic heterocycles. The molecule has 0 bridgehead atoms. The van der Waals surface area contributed by atoms with Gasteiger partial charge in [0, 0.05) is 49.1 Å². The van der Waals surface area contributed by atoms with E-state index in [-0.39, 0.29) is 11.8 Å². The van der Waals surface area contributed by atoms with E-state index in [9.17, 15) is 19.2 Å². The Bertz CT molecular complexity index is 978. The maximum atomic E-state index is 12.1. The van der Waals surface area contributed by atoms with Gasteiger partial charge >= 0.3 is 0 Å². The molecule has 1 saturated carbocycles. The number of aldehydes is 1. The second kappa shape index (κ2) is 14.5. The third kappa shape index (κ3) is 8.55. The maximum Gasteiger partial charge on any atom is 0.243 e. The van der Waals surface area contributed by atoms with Crippen molar-refractivity contribution < 1.29 is 23.9 Å². The summed E-state index contributed by atoms with van der Waals surface area (Å²) in [7, 11) is 1.81. The number of nitrogens with zero attached hydrogens (tertiary/aromatic N) is 1. The van der Waals surface area contributed by atoms with E-state index in [1.54, 1.807) is 6.07 Å². The summed E-state index contributed by atoms with van der Waals surface area (Å²) in [5, 5.41) is 8.74. The first-order valence-corrected chi connectivity index (χ1v) is 12.6. The predicted octanol–water partition coefficient (Wildman–Crippen LogP) is 1.14. The fourth-order valence-electron chi connectivity index (χ4n) is 4.70. The summed E-state index contributed by atoms with van der Waals surface area (Å²) in [6.45, 7) is 2.36. The van der Waals surface area contributed by atoms with E-state index in [0.717, 1.165) is 56.1 Å². The van der Waals surface area contributed by atoms with Crippen molar-refractivity contribution in [3.05, 3.63) is 34.9 Å². The van der Waals surface area contributed by atoms with Gasteiger partial charge in [0.2, 0.25) is 18.2 Å². The number of amides is 3. The van der Waals surface area contributed by atoms with Gasteiger partial charge in [-0.2, -0.15) is 0 Å². The molecule has 1 saturated heterocycles. The monoisotopic (exact) mass is 496 g/mol. The molecule has 3 N–H and O–H groups in total. The number of rotatable bonds is 12. The highest BCUT2D eigenvalue weighted by Crippen LogP contribution is 2.19. The molecule has 2 fully saturated rings. The lowest BCUT2D eigenvalue weighted by atomic mass is 9.91. The second-order valence-electron chi connectivity index (χ2n) is 9.36. The number of piperidine rings is 1. The van der Waals surface area contributed by atoms with E-state index >= 15 is 0 Å². The Hall–Kier alpha value is -3.06. The molecular formula is C27H36N4O5. The molecule has 3 amide bonds. The summed E-state index contributed by atoms with van der Waals surface area (Å²) in [5.74, 6) is 5.70. The zero-order chi connectivity index (χ0) is 25.8. The smallest absolute Gasteiger partial charge is 0.243 e. The quantitative estimate of drug-likeness (QED) is 0.172. The molecule has 0 spiro atoms. The van der Waals surface area contributed by atoms with Crippen LogP contribution in [-0.4, -0.2) is 74.3 Å². The highest BCUT2D eigenvalue weighted by molar-refractivity contribution is 6.00.